The monoisotopic (exact) mass is 372 g/mol. The van der Waals surface area contributed by atoms with Crippen LogP contribution in [0.15, 0.2) is 18.2 Å². The maximum atomic E-state index is 12.5. The summed E-state index contributed by atoms with van der Waals surface area (Å²) < 4.78 is 13.2. The Morgan fingerprint density at radius 2 is 2.07 bits per heavy atom. The van der Waals surface area contributed by atoms with Crippen LogP contribution in [0.5, 0.6) is 11.5 Å². The fourth-order valence-electron chi connectivity index (χ4n) is 3.28. The lowest BCUT2D eigenvalue weighted by Gasteiger charge is -2.14. The number of nitrogens with zero attached hydrogens (tertiary/aromatic N) is 3. The Labute approximate surface area is 160 Å². The van der Waals surface area contributed by atoms with E-state index in [1.165, 1.54) is 12.8 Å². The minimum absolute atomic E-state index is 0.0388. The molecule has 7 nitrogen and oxygen atoms in total. The van der Waals surface area contributed by atoms with E-state index in [1.807, 2.05) is 13.8 Å². The molecule has 3 rings (SSSR count). The Morgan fingerprint density at radius 3 is 2.85 bits per heavy atom. The van der Waals surface area contributed by atoms with Crippen LogP contribution in [0.2, 0.25) is 0 Å². The van der Waals surface area contributed by atoms with Gasteiger partial charge in [-0.2, -0.15) is 0 Å². The summed E-state index contributed by atoms with van der Waals surface area (Å²) in [6, 6.07) is 5.22. The van der Waals surface area contributed by atoms with Crippen LogP contribution in [-0.2, 0) is 19.4 Å². The van der Waals surface area contributed by atoms with Gasteiger partial charge in [-0.15, -0.1) is 10.2 Å². The lowest BCUT2D eigenvalue weighted by Crippen LogP contribution is -2.26. The van der Waals surface area contributed by atoms with Crippen LogP contribution in [0, 0.1) is 0 Å². The normalized spacial score (nSPS) is 13.8. The minimum atomic E-state index is -0.139. The second-order valence-corrected chi connectivity index (χ2v) is 7.03. The molecule has 2 heterocycles. The number of ether oxygens (including phenoxy) is 2. The molecular formula is C20H28N4O3. The predicted molar refractivity (Wildman–Crippen MR) is 102 cm³/mol. The number of benzene rings is 1. The van der Waals surface area contributed by atoms with Crippen molar-refractivity contribution < 1.29 is 14.3 Å². The quantitative estimate of drug-likeness (QED) is 0.809. The molecule has 2 aromatic rings. The Kier molecular flexibility index (Phi) is 6.32. The van der Waals surface area contributed by atoms with Gasteiger partial charge in [-0.05, 0) is 44.9 Å². The Balaban J connectivity index is 1.59. The van der Waals surface area contributed by atoms with E-state index in [1.54, 1.807) is 25.3 Å². The third-order valence-electron chi connectivity index (χ3n) is 4.61. The van der Waals surface area contributed by atoms with Crippen molar-refractivity contribution in [3.63, 3.8) is 0 Å². The van der Waals surface area contributed by atoms with Gasteiger partial charge in [-0.3, -0.25) is 4.79 Å². The molecule has 146 valence electrons. The number of hydrogen-bond donors (Lipinski definition) is 1. The molecule has 0 aliphatic carbocycles. The second kappa shape index (κ2) is 8.88. The maximum absolute atomic E-state index is 12.5. The fraction of sp³-hybridized carbons (Fsp3) is 0.550. The van der Waals surface area contributed by atoms with Crippen LogP contribution in [-0.4, -0.2) is 40.4 Å². The molecule has 0 saturated heterocycles. The number of aryl methyl sites for hydroxylation is 1. The third kappa shape index (κ3) is 4.78. The minimum Gasteiger partial charge on any atom is -0.493 e. The lowest BCUT2D eigenvalue weighted by atomic mass is 10.2. The number of fused-ring (bicyclic) bond motifs is 1. The van der Waals surface area contributed by atoms with E-state index in [0.717, 1.165) is 31.0 Å². The molecule has 1 aromatic heterocycles. The first-order chi connectivity index (χ1) is 13.1. The smallest absolute Gasteiger partial charge is 0.251 e. The highest BCUT2D eigenvalue weighted by molar-refractivity contribution is 5.94. The molecule has 1 amide bonds. The van der Waals surface area contributed by atoms with Gasteiger partial charge in [0.15, 0.2) is 11.5 Å². The zero-order valence-electron chi connectivity index (χ0n) is 16.3. The van der Waals surface area contributed by atoms with Gasteiger partial charge in [0.25, 0.3) is 5.91 Å². The highest BCUT2D eigenvalue weighted by Crippen LogP contribution is 2.29. The number of methoxy groups -OCH3 is 1. The number of carbonyl (C=O) groups excluding carboxylic acids is 1. The molecule has 1 N–H and O–H groups in total. The Morgan fingerprint density at radius 1 is 1.22 bits per heavy atom. The van der Waals surface area contributed by atoms with Gasteiger partial charge < -0.3 is 19.4 Å². The maximum Gasteiger partial charge on any atom is 0.251 e. The summed E-state index contributed by atoms with van der Waals surface area (Å²) in [5.74, 6) is 3.07. The molecule has 0 spiro atoms. The topological polar surface area (TPSA) is 78.3 Å². The number of aromatic nitrogens is 3. The van der Waals surface area contributed by atoms with Crippen molar-refractivity contribution in [2.75, 3.05) is 13.7 Å². The summed E-state index contributed by atoms with van der Waals surface area (Å²) in [6.07, 6.45) is 5.27. The van der Waals surface area contributed by atoms with E-state index in [4.69, 9.17) is 9.47 Å². The molecule has 0 unspecified atom stereocenters. The van der Waals surface area contributed by atoms with Crippen LogP contribution in [0.3, 0.4) is 0 Å². The highest BCUT2D eigenvalue weighted by atomic mass is 16.5. The standard InChI is InChI=1S/C20H28N4O3/c1-14(2)27-16-9-8-15(13-17(16)26-3)20(25)21-11-10-19-23-22-18-7-5-4-6-12-24(18)19/h8-9,13-14H,4-7,10-12H2,1-3H3,(H,21,25). The predicted octanol–water partition coefficient (Wildman–Crippen LogP) is 2.77. The van der Waals surface area contributed by atoms with Crippen LogP contribution in [0.4, 0.5) is 0 Å². The molecule has 0 bridgehead atoms. The summed E-state index contributed by atoms with van der Waals surface area (Å²) in [6.45, 7) is 5.39. The zero-order chi connectivity index (χ0) is 19.2. The lowest BCUT2D eigenvalue weighted by molar-refractivity contribution is 0.0953. The van der Waals surface area contributed by atoms with E-state index in [0.29, 0.717) is 30.0 Å². The average molecular weight is 372 g/mol. The van der Waals surface area contributed by atoms with Crippen LogP contribution >= 0.6 is 0 Å². The Bertz CT molecular complexity index is 786. The summed E-state index contributed by atoms with van der Waals surface area (Å²) in [5, 5.41) is 11.6. The van der Waals surface area contributed by atoms with Gasteiger partial charge in [0.1, 0.15) is 11.6 Å². The largest absolute Gasteiger partial charge is 0.493 e. The SMILES string of the molecule is COc1cc(C(=O)NCCc2nnc3n2CCCCC3)ccc1OC(C)C. The van der Waals surface area contributed by atoms with E-state index >= 15 is 0 Å². The van der Waals surface area contributed by atoms with Crippen molar-refractivity contribution >= 4 is 5.91 Å². The van der Waals surface area contributed by atoms with Crippen molar-refractivity contribution in [2.24, 2.45) is 0 Å². The highest BCUT2D eigenvalue weighted by Gasteiger charge is 2.15. The van der Waals surface area contributed by atoms with E-state index in [9.17, 15) is 4.79 Å². The van der Waals surface area contributed by atoms with E-state index < -0.39 is 0 Å². The molecule has 27 heavy (non-hydrogen) atoms. The molecular weight excluding hydrogens is 344 g/mol. The number of carbonyl (C=O) groups is 1. The summed E-state index contributed by atoms with van der Waals surface area (Å²) in [5.41, 5.74) is 0.544. The molecule has 1 aliphatic heterocycles. The molecule has 7 heteroatoms. The fourth-order valence-corrected chi connectivity index (χ4v) is 3.28. The molecule has 0 radical (unpaired) electrons. The van der Waals surface area contributed by atoms with E-state index in [-0.39, 0.29) is 12.0 Å². The first kappa shape index (κ1) is 19.2. The molecule has 0 atom stereocenters. The van der Waals surface area contributed by atoms with Crippen molar-refractivity contribution in [3.05, 3.63) is 35.4 Å². The van der Waals surface area contributed by atoms with Gasteiger partial charge in [0, 0.05) is 31.5 Å². The molecule has 1 aliphatic rings. The van der Waals surface area contributed by atoms with E-state index in [2.05, 4.69) is 20.1 Å². The Hall–Kier alpha value is -2.57. The average Bonchev–Trinajstić information content (AvgIpc) is 2.88. The van der Waals surface area contributed by atoms with Gasteiger partial charge in [-0.25, -0.2) is 0 Å². The summed E-state index contributed by atoms with van der Waals surface area (Å²) in [7, 11) is 1.57. The van der Waals surface area contributed by atoms with Gasteiger partial charge in [0.05, 0.1) is 13.2 Å². The van der Waals surface area contributed by atoms with Crippen molar-refractivity contribution in [1.82, 2.24) is 20.1 Å². The molecule has 1 aromatic carbocycles. The number of rotatable bonds is 7. The number of nitrogens with one attached hydrogen (secondary N) is 1. The molecule has 0 saturated carbocycles. The number of hydrogen-bond acceptors (Lipinski definition) is 5. The summed E-state index contributed by atoms with van der Waals surface area (Å²) >= 11 is 0. The van der Waals surface area contributed by atoms with Crippen molar-refractivity contribution in [1.29, 1.82) is 0 Å². The van der Waals surface area contributed by atoms with Gasteiger partial charge in [-0.1, -0.05) is 6.42 Å². The first-order valence-corrected chi connectivity index (χ1v) is 9.62. The molecule has 0 fully saturated rings. The third-order valence-corrected chi connectivity index (χ3v) is 4.61. The van der Waals surface area contributed by atoms with Crippen molar-refractivity contribution in [2.45, 2.75) is 58.6 Å². The van der Waals surface area contributed by atoms with Gasteiger partial charge in [0.2, 0.25) is 0 Å². The summed E-state index contributed by atoms with van der Waals surface area (Å²) in [4.78, 5) is 12.5. The van der Waals surface area contributed by atoms with Gasteiger partial charge >= 0.3 is 0 Å². The van der Waals surface area contributed by atoms with Crippen LogP contribution in [0.25, 0.3) is 0 Å². The van der Waals surface area contributed by atoms with Crippen LogP contribution in [0.1, 0.15) is 55.1 Å². The van der Waals surface area contributed by atoms with Crippen molar-refractivity contribution in [3.8, 4) is 11.5 Å². The second-order valence-electron chi connectivity index (χ2n) is 7.03. The zero-order valence-corrected chi connectivity index (χ0v) is 16.3. The first-order valence-electron chi connectivity index (χ1n) is 9.62. The van der Waals surface area contributed by atoms with Crippen LogP contribution < -0.4 is 14.8 Å². The number of amides is 1.